The van der Waals surface area contributed by atoms with Gasteiger partial charge in [0.1, 0.15) is 17.6 Å². The van der Waals surface area contributed by atoms with Crippen molar-refractivity contribution in [2.45, 2.75) is 19.0 Å². The van der Waals surface area contributed by atoms with Crippen molar-refractivity contribution in [1.29, 1.82) is 0 Å². The summed E-state index contributed by atoms with van der Waals surface area (Å²) in [5.74, 6) is -0.638. The number of rotatable bonds is 6. The Labute approximate surface area is 190 Å². The molecule has 0 aliphatic carbocycles. The SMILES string of the molecule is COc1ccc(CN(C(=O)Nc2ccc(F)cc2)[C@H]2CC(=O)N(c3ccccc3)C2=O)cc1. The number of carbonyl (C=O) groups excluding carboxylic acids is 3. The fourth-order valence-corrected chi connectivity index (χ4v) is 3.69. The van der Waals surface area contributed by atoms with E-state index in [9.17, 15) is 18.8 Å². The summed E-state index contributed by atoms with van der Waals surface area (Å²) in [6.07, 6.45) is -0.138. The van der Waals surface area contributed by atoms with E-state index in [1.165, 1.54) is 29.2 Å². The van der Waals surface area contributed by atoms with Crippen LogP contribution in [-0.2, 0) is 16.1 Å². The largest absolute Gasteiger partial charge is 0.497 e. The van der Waals surface area contributed by atoms with Crippen LogP contribution in [0.4, 0.5) is 20.6 Å². The number of hydrogen-bond acceptors (Lipinski definition) is 4. The first-order valence-corrected chi connectivity index (χ1v) is 10.3. The van der Waals surface area contributed by atoms with Gasteiger partial charge in [0.2, 0.25) is 5.91 Å². The number of amides is 4. The number of methoxy groups -OCH3 is 1. The summed E-state index contributed by atoms with van der Waals surface area (Å²) in [6.45, 7) is 0.0866. The van der Waals surface area contributed by atoms with E-state index in [2.05, 4.69) is 5.32 Å². The lowest BCUT2D eigenvalue weighted by atomic mass is 10.1. The predicted octanol–water partition coefficient (Wildman–Crippen LogP) is 4.20. The van der Waals surface area contributed by atoms with Crippen LogP contribution in [0.1, 0.15) is 12.0 Å². The molecule has 1 N–H and O–H groups in total. The Morgan fingerprint density at radius 2 is 1.70 bits per heavy atom. The van der Waals surface area contributed by atoms with E-state index >= 15 is 0 Å². The summed E-state index contributed by atoms with van der Waals surface area (Å²) in [4.78, 5) is 41.7. The third-order valence-corrected chi connectivity index (χ3v) is 5.38. The highest BCUT2D eigenvalue weighted by atomic mass is 19.1. The third kappa shape index (κ3) is 4.85. The summed E-state index contributed by atoms with van der Waals surface area (Å²) >= 11 is 0. The lowest BCUT2D eigenvalue weighted by Gasteiger charge is -2.28. The molecule has 0 saturated carbocycles. The fraction of sp³-hybridized carbons (Fsp3) is 0.160. The zero-order chi connectivity index (χ0) is 23.4. The minimum atomic E-state index is -0.986. The Bertz CT molecular complexity index is 1150. The minimum absolute atomic E-state index is 0.0866. The number of imide groups is 1. The van der Waals surface area contributed by atoms with E-state index in [1.54, 1.807) is 61.7 Å². The second-order valence-electron chi connectivity index (χ2n) is 7.54. The van der Waals surface area contributed by atoms with Crippen LogP contribution in [0.5, 0.6) is 5.75 Å². The number of nitrogens with zero attached hydrogens (tertiary/aromatic N) is 2. The summed E-state index contributed by atoms with van der Waals surface area (Å²) < 4.78 is 18.4. The molecule has 0 radical (unpaired) electrons. The molecule has 1 aliphatic heterocycles. The zero-order valence-corrected chi connectivity index (χ0v) is 17.9. The minimum Gasteiger partial charge on any atom is -0.497 e. The first kappa shape index (κ1) is 22.0. The zero-order valence-electron chi connectivity index (χ0n) is 17.9. The average Bonchev–Trinajstić information content (AvgIpc) is 3.13. The summed E-state index contributed by atoms with van der Waals surface area (Å²) in [5.41, 5.74) is 1.58. The van der Waals surface area contributed by atoms with E-state index in [4.69, 9.17) is 4.74 Å². The van der Waals surface area contributed by atoms with Gasteiger partial charge < -0.3 is 15.0 Å². The van der Waals surface area contributed by atoms with Crippen LogP contribution in [0.15, 0.2) is 78.9 Å². The van der Waals surface area contributed by atoms with Crippen molar-refractivity contribution in [2.24, 2.45) is 0 Å². The van der Waals surface area contributed by atoms with Gasteiger partial charge in [-0.05, 0) is 54.1 Å². The maximum absolute atomic E-state index is 13.3. The Balaban J connectivity index is 1.62. The number of hydrogen-bond donors (Lipinski definition) is 1. The molecular formula is C25H22FN3O4. The van der Waals surface area contributed by atoms with Crippen molar-refractivity contribution in [3.05, 3.63) is 90.2 Å². The Kier molecular flexibility index (Phi) is 6.35. The second-order valence-corrected chi connectivity index (χ2v) is 7.54. The molecule has 1 saturated heterocycles. The smallest absolute Gasteiger partial charge is 0.322 e. The lowest BCUT2D eigenvalue weighted by molar-refractivity contribution is -0.122. The lowest BCUT2D eigenvalue weighted by Crippen LogP contribution is -2.46. The van der Waals surface area contributed by atoms with E-state index < -0.39 is 23.8 Å². The van der Waals surface area contributed by atoms with Gasteiger partial charge in [0, 0.05) is 12.2 Å². The van der Waals surface area contributed by atoms with Gasteiger partial charge in [-0.2, -0.15) is 0 Å². The number of nitrogens with one attached hydrogen (secondary N) is 1. The number of benzene rings is 3. The molecule has 1 atom stereocenters. The fourth-order valence-electron chi connectivity index (χ4n) is 3.69. The first-order valence-electron chi connectivity index (χ1n) is 10.3. The van der Waals surface area contributed by atoms with Crippen molar-refractivity contribution in [3.8, 4) is 5.75 Å². The highest BCUT2D eigenvalue weighted by Crippen LogP contribution is 2.27. The van der Waals surface area contributed by atoms with Gasteiger partial charge in [0.15, 0.2) is 0 Å². The summed E-state index contributed by atoms with van der Waals surface area (Å²) in [6, 6.07) is 19.4. The predicted molar refractivity (Wildman–Crippen MR) is 121 cm³/mol. The Morgan fingerprint density at radius 3 is 2.33 bits per heavy atom. The van der Waals surface area contributed by atoms with Gasteiger partial charge in [-0.25, -0.2) is 14.1 Å². The molecule has 8 heteroatoms. The third-order valence-electron chi connectivity index (χ3n) is 5.38. The molecule has 1 heterocycles. The number of para-hydroxylation sites is 1. The van der Waals surface area contributed by atoms with Crippen LogP contribution < -0.4 is 15.0 Å². The Hall–Kier alpha value is -4.20. The molecule has 0 bridgehead atoms. The maximum Gasteiger partial charge on any atom is 0.322 e. The van der Waals surface area contributed by atoms with Gasteiger partial charge in [0.25, 0.3) is 5.91 Å². The molecule has 0 unspecified atom stereocenters. The van der Waals surface area contributed by atoms with Crippen molar-refractivity contribution in [2.75, 3.05) is 17.3 Å². The van der Waals surface area contributed by atoms with E-state index in [0.717, 1.165) is 10.5 Å². The van der Waals surface area contributed by atoms with E-state index in [0.29, 0.717) is 17.1 Å². The van der Waals surface area contributed by atoms with Crippen LogP contribution in [-0.4, -0.2) is 35.9 Å². The molecule has 0 spiro atoms. The quantitative estimate of drug-likeness (QED) is 0.575. The summed E-state index contributed by atoms with van der Waals surface area (Å²) in [7, 11) is 1.55. The molecule has 7 nitrogen and oxygen atoms in total. The molecule has 3 aromatic carbocycles. The molecule has 0 aromatic heterocycles. The van der Waals surface area contributed by atoms with Crippen LogP contribution in [0.2, 0.25) is 0 Å². The van der Waals surface area contributed by atoms with Crippen LogP contribution in [0, 0.1) is 5.82 Å². The number of carbonyl (C=O) groups is 3. The standard InChI is InChI=1S/C25H22FN3O4/c1-33-21-13-7-17(8-14-21)16-28(25(32)27-19-11-9-18(26)10-12-19)22-15-23(30)29(24(22)31)20-5-3-2-4-6-20/h2-14,22H,15-16H2,1H3,(H,27,32)/t22-/m0/s1. The molecular weight excluding hydrogens is 425 g/mol. The van der Waals surface area contributed by atoms with Crippen molar-refractivity contribution in [3.63, 3.8) is 0 Å². The van der Waals surface area contributed by atoms with Crippen LogP contribution in [0.3, 0.4) is 0 Å². The molecule has 3 aromatic rings. The highest BCUT2D eigenvalue weighted by molar-refractivity contribution is 6.23. The maximum atomic E-state index is 13.3. The number of urea groups is 1. The Morgan fingerprint density at radius 1 is 1.03 bits per heavy atom. The molecule has 33 heavy (non-hydrogen) atoms. The van der Waals surface area contributed by atoms with Crippen molar-refractivity contribution < 1.29 is 23.5 Å². The first-order chi connectivity index (χ1) is 16.0. The molecule has 1 aliphatic rings. The van der Waals surface area contributed by atoms with Gasteiger partial charge >= 0.3 is 6.03 Å². The van der Waals surface area contributed by atoms with Crippen LogP contribution >= 0.6 is 0 Å². The van der Waals surface area contributed by atoms with Gasteiger partial charge in [-0.15, -0.1) is 0 Å². The van der Waals surface area contributed by atoms with Gasteiger partial charge in [-0.3, -0.25) is 9.59 Å². The summed E-state index contributed by atoms with van der Waals surface area (Å²) in [5, 5.41) is 2.69. The molecule has 4 amide bonds. The van der Waals surface area contributed by atoms with Crippen LogP contribution in [0.25, 0.3) is 0 Å². The van der Waals surface area contributed by atoms with Gasteiger partial charge in [-0.1, -0.05) is 30.3 Å². The van der Waals surface area contributed by atoms with Crippen molar-refractivity contribution in [1.82, 2.24) is 4.90 Å². The molecule has 4 rings (SSSR count). The number of anilines is 2. The highest BCUT2D eigenvalue weighted by Gasteiger charge is 2.44. The van der Waals surface area contributed by atoms with E-state index in [1.807, 2.05) is 0 Å². The van der Waals surface area contributed by atoms with Crippen molar-refractivity contribution >= 4 is 29.2 Å². The molecule has 168 valence electrons. The number of ether oxygens (including phenoxy) is 1. The second kappa shape index (κ2) is 9.52. The number of halogens is 1. The average molecular weight is 447 g/mol. The topological polar surface area (TPSA) is 79.0 Å². The molecule has 1 fully saturated rings. The van der Waals surface area contributed by atoms with E-state index in [-0.39, 0.29) is 18.9 Å². The monoisotopic (exact) mass is 447 g/mol. The van der Waals surface area contributed by atoms with Gasteiger partial charge in [0.05, 0.1) is 19.2 Å². The normalized spacial score (nSPS) is 15.5.